The molecule has 3 amide bonds. The Bertz CT molecular complexity index is 500. The van der Waals surface area contributed by atoms with E-state index in [-0.39, 0.29) is 23.9 Å². The van der Waals surface area contributed by atoms with Crippen LogP contribution in [-0.2, 0) is 4.79 Å². The first-order valence-corrected chi connectivity index (χ1v) is 6.44. The van der Waals surface area contributed by atoms with Crippen LogP contribution in [-0.4, -0.2) is 18.0 Å². The first-order valence-electron chi connectivity index (χ1n) is 6.07. The minimum absolute atomic E-state index is 0.0218. The van der Waals surface area contributed by atoms with E-state index in [9.17, 15) is 9.59 Å². The quantitative estimate of drug-likeness (QED) is 0.847. The molecule has 0 spiro atoms. The Balaban J connectivity index is 1.93. The van der Waals surface area contributed by atoms with E-state index in [1.165, 1.54) is 4.90 Å². The van der Waals surface area contributed by atoms with Crippen molar-refractivity contribution in [2.75, 3.05) is 4.90 Å². The highest BCUT2D eigenvalue weighted by Gasteiger charge is 2.43. The van der Waals surface area contributed by atoms with Gasteiger partial charge in [-0.25, -0.2) is 9.69 Å². The number of urea groups is 1. The second-order valence-corrected chi connectivity index (χ2v) is 5.18. The molecule has 2 unspecified atom stereocenters. The van der Waals surface area contributed by atoms with Crippen molar-refractivity contribution < 1.29 is 9.59 Å². The molecular formula is C13H13ClN2O2. The van der Waals surface area contributed by atoms with E-state index in [4.69, 9.17) is 11.6 Å². The van der Waals surface area contributed by atoms with Crippen molar-refractivity contribution in [2.45, 2.75) is 25.3 Å². The molecule has 1 saturated heterocycles. The third-order valence-corrected chi connectivity index (χ3v) is 3.90. The maximum atomic E-state index is 12.3. The van der Waals surface area contributed by atoms with Crippen molar-refractivity contribution >= 4 is 29.2 Å². The molecule has 1 aromatic rings. The second kappa shape index (κ2) is 4.28. The number of amides is 3. The van der Waals surface area contributed by atoms with Crippen molar-refractivity contribution in [3.8, 4) is 0 Å². The minimum Gasteiger partial charge on any atom is -0.334 e. The lowest BCUT2D eigenvalue weighted by Gasteiger charge is -2.33. The Morgan fingerprint density at radius 3 is 2.61 bits per heavy atom. The number of carbonyl (C=O) groups is 2. The van der Waals surface area contributed by atoms with Gasteiger partial charge in [0.25, 0.3) is 0 Å². The molecule has 1 aliphatic carbocycles. The Morgan fingerprint density at radius 2 is 1.89 bits per heavy atom. The van der Waals surface area contributed by atoms with Gasteiger partial charge in [0.2, 0.25) is 5.91 Å². The lowest BCUT2D eigenvalue weighted by atomic mass is 9.99. The number of rotatable bonds is 1. The zero-order chi connectivity index (χ0) is 12.7. The van der Waals surface area contributed by atoms with Crippen LogP contribution in [0.3, 0.4) is 0 Å². The van der Waals surface area contributed by atoms with Gasteiger partial charge in [-0.1, -0.05) is 18.0 Å². The highest BCUT2D eigenvalue weighted by molar-refractivity contribution is 6.30. The van der Waals surface area contributed by atoms with E-state index in [0.29, 0.717) is 10.7 Å². The number of nitrogens with zero attached hydrogens (tertiary/aromatic N) is 1. The Labute approximate surface area is 110 Å². The number of benzene rings is 1. The molecule has 5 heteroatoms. The summed E-state index contributed by atoms with van der Waals surface area (Å²) in [5.74, 6) is -0.165. The molecule has 1 saturated carbocycles. The fourth-order valence-corrected chi connectivity index (χ4v) is 2.88. The number of anilines is 1. The molecule has 0 aromatic heterocycles. The van der Waals surface area contributed by atoms with Crippen LogP contribution in [0.4, 0.5) is 10.5 Å². The summed E-state index contributed by atoms with van der Waals surface area (Å²) in [4.78, 5) is 25.6. The third-order valence-electron chi connectivity index (χ3n) is 3.65. The number of imide groups is 1. The van der Waals surface area contributed by atoms with E-state index >= 15 is 0 Å². The predicted octanol–water partition coefficient (Wildman–Crippen LogP) is 2.56. The molecule has 0 bridgehead atoms. The molecule has 1 N–H and O–H groups in total. The molecule has 94 valence electrons. The molecule has 1 heterocycles. The number of carbonyl (C=O) groups excluding carboxylic acids is 2. The summed E-state index contributed by atoms with van der Waals surface area (Å²) in [7, 11) is 0. The average molecular weight is 265 g/mol. The van der Waals surface area contributed by atoms with Crippen molar-refractivity contribution in [2.24, 2.45) is 5.92 Å². The van der Waals surface area contributed by atoms with Crippen molar-refractivity contribution in [3.63, 3.8) is 0 Å². The topological polar surface area (TPSA) is 49.4 Å². The molecule has 2 fully saturated rings. The van der Waals surface area contributed by atoms with Gasteiger partial charge >= 0.3 is 6.03 Å². The minimum atomic E-state index is -0.328. The third kappa shape index (κ3) is 1.77. The van der Waals surface area contributed by atoms with Gasteiger partial charge in [-0.2, -0.15) is 0 Å². The molecule has 1 aromatic carbocycles. The highest BCUT2D eigenvalue weighted by atomic mass is 35.5. The van der Waals surface area contributed by atoms with Gasteiger partial charge in [0.05, 0.1) is 11.6 Å². The van der Waals surface area contributed by atoms with Gasteiger partial charge in [-0.05, 0) is 37.1 Å². The van der Waals surface area contributed by atoms with E-state index in [1.54, 1.807) is 24.3 Å². The zero-order valence-corrected chi connectivity index (χ0v) is 10.5. The largest absolute Gasteiger partial charge is 0.334 e. The molecule has 2 aliphatic rings. The van der Waals surface area contributed by atoms with Crippen LogP contribution in [0.2, 0.25) is 5.02 Å². The summed E-state index contributed by atoms with van der Waals surface area (Å²) < 4.78 is 0. The van der Waals surface area contributed by atoms with Gasteiger partial charge in [0.15, 0.2) is 0 Å². The highest BCUT2D eigenvalue weighted by Crippen LogP contribution is 2.32. The van der Waals surface area contributed by atoms with Crippen molar-refractivity contribution in [1.82, 2.24) is 5.32 Å². The number of hydrogen-bond donors (Lipinski definition) is 1. The Kier molecular flexibility index (Phi) is 2.74. The SMILES string of the molecule is O=C1NC2CCCC2C(=O)N1c1ccc(Cl)cc1. The molecule has 0 radical (unpaired) electrons. The molecule has 4 nitrogen and oxygen atoms in total. The van der Waals surface area contributed by atoms with Crippen LogP contribution in [0.5, 0.6) is 0 Å². The summed E-state index contributed by atoms with van der Waals surface area (Å²) in [6.07, 6.45) is 2.75. The lowest BCUT2D eigenvalue weighted by molar-refractivity contribution is -0.122. The average Bonchev–Trinajstić information content (AvgIpc) is 2.80. The summed E-state index contributed by atoms with van der Waals surface area (Å²) in [6.45, 7) is 0. The number of fused-ring (bicyclic) bond motifs is 1. The van der Waals surface area contributed by atoms with E-state index in [0.717, 1.165) is 19.3 Å². The summed E-state index contributed by atoms with van der Waals surface area (Å²) >= 11 is 5.81. The zero-order valence-electron chi connectivity index (χ0n) is 9.73. The van der Waals surface area contributed by atoms with E-state index in [1.807, 2.05) is 0 Å². The first kappa shape index (κ1) is 11.5. The van der Waals surface area contributed by atoms with Gasteiger partial charge in [-0.15, -0.1) is 0 Å². The van der Waals surface area contributed by atoms with Crippen LogP contribution in [0.25, 0.3) is 0 Å². The maximum Gasteiger partial charge on any atom is 0.328 e. The van der Waals surface area contributed by atoms with Gasteiger partial charge in [0.1, 0.15) is 0 Å². The lowest BCUT2D eigenvalue weighted by Crippen LogP contribution is -2.58. The summed E-state index contributed by atoms with van der Waals surface area (Å²) in [5, 5.41) is 3.49. The van der Waals surface area contributed by atoms with E-state index < -0.39 is 0 Å². The van der Waals surface area contributed by atoms with Gasteiger partial charge in [0, 0.05) is 11.1 Å². The Hall–Kier alpha value is -1.55. The normalized spacial score (nSPS) is 27.1. The standard InChI is InChI=1S/C13H13ClN2O2/c14-8-4-6-9(7-5-8)16-12(17)10-2-1-3-11(10)15-13(16)18/h4-7,10-11H,1-3H2,(H,15,18). The smallest absolute Gasteiger partial charge is 0.328 e. The van der Waals surface area contributed by atoms with Crippen LogP contribution in [0.15, 0.2) is 24.3 Å². The molecular weight excluding hydrogens is 252 g/mol. The second-order valence-electron chi connectivity index (χ2n) is 4.74. The van der Waals surface area contributed by atoms with Gasteiger partial charge in [-0.3, -0.25) is 4.79 Å². The number of nitrogens with one attached hydrogen (secondary N) is 1. The molecule has 3 rings (SSSR count). The van der Waals surface area contributed by atoms with Crippen LogP contribution in [0.1, 0.15) is 19.3 Å². The Morgan fingerprint density at radius 1 is 1.17 bits per heavy atom. The molecule has 1 aliphatic heterocycles. The monoisotopic (exact) mass is 264 g/mol. The van der Waals surface area contributed by atoms with Crippen LogP contribution >= 0.6 is 11.6 Å². The molecule has 2 atom stereocenters. The summed E-state index contributed by atoms with van der Waals surface area (Å²) in [5.41, 5.74) is 0.576. The fourth-order valence-electron chi connectivity index (χ4n) is 2.75. The molecule has 18 heavy (non-hydrogen) atoms. The predicted molar refractivity (Wildman–Crippen MR) is 68.6 cm³/mol. The van der Waals surface area contributed by atoms with Crippen molar-refractivity contribution in [3.05, 3.63) is 29.3 Å². The van der Waals surface area contributed by atoms with Gasteiger partial charge < -0.3 is 5.32 Å². The fraction of sp³-hybridized carbons (Fsp3) is 0.385. The summed E-state index contributed by atoms with van der Waals surface area (Å²) in [6, 6.07) is 6.43. The van der Waals surface area contributed by atoms with Crippen LogP contribution < -0.4 is 10.2 Å². The van der Waals surface area contributed by atoms with E-state index in [2.05, 4.69) is 5.32 Å². The number of hydrogen-bond acceptors (Lipinski definition) is 2. The first-order chi connectivity index (χ1) is 8.66. The van der Waals surface area contributed by atoms with Crippen molar-refractivity contribution in [1.29, 1.82) is 0 Å². The number of halogens is 1. The maximum absolute atomic E-state index is 12.3. The van der Waals surface area contributed by atoms with Crippen LogP contribution in [0, 0.1) is 5.92 Å².